The Morgan fingerprint density at radius 1 is 1.55 bits per heavy atom. The van der Waals surface area contributed by atoms with Gasteiger partial charge in [0.1, 0.15) is 24.3 Å². The normalized spacial score (nSPS) is 21.7. The maximum absolute atomic E-state index is 13.3. The molecule has 112 valence electrons. The molecular formula is C15H23FN2O2. The summed E-state index contributed by atoms with van der Waals surface area (Å²) in [7, 11) is 0. The predicted octanol–water partition coefficient (Wildman–Crippen LogP) is 1.94. The molecule has 1 heterocycles. The lowest BCUT2D eigenvalue weighted by atomic mass is 10.1. The van der Waals surface area contributed by atoms with Crippen molar-refractivity contribution >= 4 is 0 Å². The monoisotopic (exact) mass is 282 g/mol. The highest BCUT2D eigenvalue weighted by atomic mass is 19.1. The zero-order valence-electron chi connectivity index (χ0n) is 12.1. The van der Waals surface area contributed by atoms with Gasteiger partial charge in [-0.1, -0.05) is 13.0 Å². The smallest absolute Gasteiger partial charge is 0.127 e. The molecule has 1 saturated heterocycles. The van der Waals surface area contributed by atoms with Crippen LogP contribution in [0, 0.1) is 5.82 Å². The Bertz CT molecular complexity index is 440. The number of nitrogens with zero attached hydrogens (tertiary/aromatic N) is 1. The van der Waals surface area contributed by atoms with E-state index in [0.29, 0.717) is 19.0 Å². The molecule has 0 spiro atoms. The molecule has 0 aromatic heterocycles. The van der Waals surface area contributed by atoms with Crippen molar-refractivity contribution < 1.29 is 13.9 Å². The second kappa shape index (κ2) is 7.02. The van der Waals surface area contributed by atoms with Crippen LogP contribution < -0.4 is 10.5 Å². The number of nitrogens with two attached hydrogens (primary N) is 1. The lowest BCUT2D eigenvalue weighted by Gasteiger charge is -2.32. The topological polar surface area (TPSA) is 47.7 Å². The molecule has 0 bridgehead atoms. The standard InChI is InChI=1S/C15H23FN2O2/c1-3-18-6-7-19-13(9-18)10-20-15-8-12(16)4-5-14(15)11(2)17/h4-5,8,11,13H,3,6-7,9-10,17H2,1-2H3. The number of rotatable bonds is 5. The minimum absolute atomic E-state index is 0.0212. The van der Waals surface area contributed by atoms with Crippen LogP contribution in [0.15, 0.2) is 18.2 Å². The molecular weight excluding hydrogens is 259 g/mol. The van der Waals surface area contributed by atoms with Crippen molar-refractivity contribution in [3.8, 4) is 5.75 Å². The van der Waals surface area contributed by atoms with Gasteiger partial charge in [0.05, 0.1) is 6.61 Å². The summed E-state index contributed by atoms with van der Waals surface area (Å²) < 4.78 is 24.7. The van der Waals surface area contributed by atoms with Crippen molar-refractivity contribution in [2.24, 2.45) is 5.73 Å². The molecule has 2 rings (SSSR count). The van der Waals surface area contributed by atoms with Crippen LogP contribution in [-0.2, 0) is 4.74 Å². The summed E-state index contributed by atoms with van der Waals surface area (Å²) in [5, 5.41) is 0. The van der Waals surface area contributed by atoms with E-state index in [1.54, 1.807) is 6.07 Å². The minimum Gasteiger partial charge on any atom is -0.490 e. The SMILES string of the molecule is CCN1CCOC(COc2cc(F)ccc2C(C)N)C1. The second-order valence-electron chi connectivity index (χ2n) is 5.17. The molecule has 4 nitrogen and oxygen atoms in total. The van der Waals surface area contributed by atoms with Gasteiger partial charge in [0.2, 0.25) is 0 Å². The van der Waals surface area contributed by atoms with Crippen molar-refractivity contribution in [1.82, 2.24) is 4.90 Å². The lowest BCUT2D eigenvalue weighted by Crippen LogP contribution is -2.44. The van der Waals surface area contributed by atoms with Gasteiger partial charge in [-0.25, -0.2) is 4.39 Å². The maximum Gasteiger partial charge on any atom is 0.127 e. The van der Waals surface area contributed by atoms with Gasteiger partial charge in [-0.3, -0.25) is 4.90 Å². The molecule has 2 unspecified atom stereocenters. The van der Waals surface area contributed by atoms with Crippen LogP contribution in [0.25, 0.3) is 0 Å². The predicted molar refractivity (Wildman–Crippen MR) is 76.4 cm³/mol. The van der Waals surface area contributed by atoms with Crippen molar-refractivity contribution in [1.29, 1.82) is 0 Å². The van der Waals surface area contributed by atoms with Crippen LogP contribution in [-0.4, -0.2) is 43.9 Å². The largest absolute Gasteiger partial charge is 0.490 e. The van der Waals surface area contributed by atoms with Crippen LogP contribution >= 0.6 is 0 Å². The van der Waals surface area contributed by atoms with E-state index < -0.39 is 0 Å². The first-order valence-electron chi connectivity index (χ1n) is 7.12. The van der Waals surface area contributed by atoms with Crippen molar-refractivity contribution in [2.45, 2.75) is 26.0 Å². The highest BCUT2D eigenvalue weighted by molar-refractivity contribution is 5.36. The first-order chi connectivity index (χ1) is 9.60. The first-order valence-corrected chi connectivity index (χ1v) is 7.12. The van der Waals surface area contributed by atoms with Gasteiger partial charge >= 0.3 is 0 Å². The number of ether oxygens (including phenoxy) is 2. The van der Waals surface area contributed by atoms with Crippen LogP contribution in [0.5, 0.6) is 5.75 Å². The fraction of sp³-hybridized carbons (Fsp3) is 0.600. The third-order valence-electron chi connectivity index (χ3n) is 3.56. The first kappa shape index (κ1) is 15.2. The van der Waals surface area contributed by atoms with E-state index in [4.69, 9.17) is 15.2 Å². The Morgan fingerprint density at radius 2 is 2.35 bits per heavy atom. The number of halogens is 1. The highest BCUT2D eigenvalue weighted by Gasteiger charge is 2.20. The van der Waals surface area contributed by atoms with E-state index in [0.717, 1.165) is 25.2 Å². The summed E-state index contributed by atoms with van der Waals surface area (Å²) in [5.74, 6) is 0.196. The summed E-state index contributed by atoms with van der Waals surface area (Å²) in [6.07, 6.45) is 0.0212. The molecule has 20 heavy (non-hydrogen) atoms. The fourth-order valence-corrected chi connectivity index (χ4v) is 2.36. The summed E-state index contributed by atoms with van der Waals surface area (Å²) >= 11 is 0. The van der Waals surface area contributed by atoms with E-state index in [-0.39, 0.29) is 18.0 Å². The zero-order valence-corrected chi connectivity index (χ0v) is 12.1. The van der Waals surface area contributed by atoms with E-state index in [1.165, 1.54) is 12.1 Å². The number of benzene rings is 1. The molecule has 1 aromatic carbocycles. The summed E-state index contributed by atoms with van der Waals surface area (Å²) in [6, 6.07) is 4.28. The van der Waals surface area contributed by atoms with Gasteiger partial charge in [-0.05, 0) is 19.5 Å². The van der Waals surface area contributed by atoms with Gasteiger partial charge in [0.25, 0.3) is 0 Å². The molecule has 1 fully saturated rings. The van der Waals surface area contributed by atoms with E-state index in [9.17, 15) is 4.39 Å². The second-order valence-corrected chi connectivity index (χ2v) is 5.17. The average molecular weight is 282 g/mol. The molecule has 2 N–H and O–H groups in total. The van der Waals surface area contributed by atoms with Gasteiger partial charge in [-0.2, -0.15) is 0 Å². The Kier molecular flexibility index (Phi) is 5.34. The number of hydrogen-bond acceptors (Lipinski definition) is 4. The molecule has 2 atom stereocenters. The molecule has 1 aliphatic rings. The van der Waals surface area contributed by atoms with Gasteiger partial charge in [0, 0.05) is 30.8 Å². The molecule has 1 aromatic rings. The minimum atomic E-state index is -0.316. The Morgan fingerprint density at radius 3 is 3.05 bits per heavy atom. The highest BCUT2D eigenvalue weighted by Crippen LogP contribution is 2.25. The fourth-order valence-electron chi connectivity index (χ4n) is 2.36. The summed E-state index contributed by atoms with van der Waals surface area (Å²) in [5.41, 5.74) is 6.69. The van der Waals surface area contributed by atoms with Gasteiger partial charge in [-0.15, -0.1) is 0 Å². The third kappa shape index (κ3) is 3.91. The summed E-state index contributed by atoms with van der Waals surface area (Å²) in [4.78, 5) is 2.32. The van der Waals surface area contributed by atoms with Crippen LogP contribution in [0.1, 0.15) is 25.5 Å². The molecule has 0 saturated carbocycles. The number of likely N-dealkylation sites (N-methyl/N-ethyl adjacent to an activating group) is 1. The molecule has 0 radical (unpaired) electrons. The van der Waals surface area contributed by atoms with Crippen molar-refractivity contribution in [2.75, 3.05) is 32.8 Å². The molecule has 5 heteroatoms. The Labute approximate surface area is 119 Å². The molecule has 0 aliphatic carbocycles. The van der Waals surface area contributed by atoms with Crippen LogP contribution in [0.3, 0.4) is 0 Å². The van der Waals surface area contributed by atoms with Crippen molar-refractivity contribution in [3.05, 3.63) is 29.6 Å². The molecule has 1 aliphatic heterocycles. The van der Waals surface area contributed by atoms with Crippen LogP contribution in [0.2, 0.25) is 0 Å². The molecule has 0 amide bonds. The summed E-state index contributed by atoms with van der Waals surface area (Å²) in [6.45, 7) is 7.92. The average Bonchev–Trinajstić information content (AvgIpc) is 2.45. The Hall–Kier alpha value is -1.17. The van der Waals surface area contributed by atoms with Gasteiger partial charge < -0.3 is 15.2 Å². The van der Waals surface area contributed by atoms with E-state index >= 15 is 0 Å². The Balaban J connectivity index is 1.98. The third-order valence-corrected chi connectivity index (χ3v) is 3.56. The number of morpholine rings is 1. The zero-order chi connectivity index (χ0) is 14.5. The number of hydrogen-bond donors (Lipinski definition) is 1. The van der Waals surface area contributed by atoms with E-state index in [1.807, 2.05) is 6.92 Å². The van der Waals surface area contributed by atoms with Gasteiger partial charge in [0.15, 0.2) is 0 Å². The lowest BCUT2D eigenvalue weighted by molar-refractivity contribution is -0.0465. The quantitative estimate of drug-likeness (QED) is 0.896. The van der Waals surface area contributed by atoms with Crippen molar-refractivity contribution in [3.63, 3.8) is 0 Å². The van der Waals surface area contributed by atoms with Crippen LogP contribution in [0.4, 0.5) is 4.39 Å². The van der Waals surface area contributed by atoms with E-state index in [2.05, 4.69) is 11.8 Å². The maximum atomic E-state index is 13.3.